The number of fused-ring (bicyclic) bond motifs is 1. The first-order valence-electron chi connectivity index (χ1n) is 4.80. The van der Waals surface area contributed by atoms with Gasteiger partial charge in [0, 0.05) is 5.54 Å². The van der Waals surface area contributed by atoms with E-state index >= 15 is 0 Å². The van der Waals surface area contributed by atoms with Crippen molar-refractivity contribution in [2.24, 2.45) is 0 Å². The normalized spacial score (nSPS) is 16.2. The first-order chi connectivity index (χ1) is 6.91. The molecule has 80 valence electrons. The molecule has 0 atom stereocenters. The van der Waals surface area contributed by atoms with Crippen molar-refractivity contribution in [2.45, 2.75) is 26.3 Å². The Balaban J connectivity index is 2.63. The molecular weight excluding hydrogens is 194 g/mol. The van der Waals surface area contributed by atoms with E-state index in [9.17, 15) is 9.59 Å². The Hall–Kier alpha value is -1.65. The maximum Gasteiger partial charge on any atom is 0.272 e. The summed E-state index contributed by atoms with van der Waals surface area (Å²) in [6.45, 7) is 5.96. The van der Waals surface area contributed by atoms with E-state index in [4.69, 9.17) is 0 Å². The first kappa shape index (κ1) is 9.89. The van der Waals surface area contributed by atoms with Crippen molar-refractivity contribution in [1.29, 1.82) is 0 Å². The SMILES string of the molecule is CC(C)(C)n1cnc2c1C(=O)CNC2=O. The van der Waals surface area contributed by atoms with Crippen LogP contribution in [0.2, 0.25) is 0 Å². The number of nitrogens with one attached hydrogen (secondary N) is 1. The Morgan fingerprint density at radius 1 is 1.40 bits per heavy atom. The number of hydrogen-bond donors (Lipinski definition) is 1. The van der Waals surface area contributed by atoms with E-state index < -0.39 is 0 Å². The van der Waals surface area contributed by atoms with Crippen molar-refractivity contribution in [2.75, 3.05) is 6.54 Å². The molecule has 0 spiro atoms. The fourth-order valence-electron chi connectivity index (χ4n) is 1.62. The smallest absolute Gasteiger partial charge is 0.272 e. The van der Waals surface area contributed by atoms with Crippen molar-refractivity contribution in [3.05, 3.63) is 17.7 Å². The zero-order valence-corrected chi connectivity index (χ0v) is 9.00. The highest BCUT2D eigenvalue weighted by Gasteiger charge is 2.31. The summed E-state index contributed by atoms with van der Waals surface area (Å²) in [5.41, 5.74) is 0.417. The van der Waals surface area contributed by atoms with Gasteiger partial charge in [0.05, 0.1) is 12.9 Å². The van der Waals surface area contributed by atoms with Crippen molar-refractivity contribution in [3.8, 4) is 0 Å². The lowest BCUT2D eigenvalue weighted by Crippen LogP contribution is -2.39. The predicted octanol–water partition coefficient (Wildman–Crippen LogP) is 0.564. The molecule has 0 aliphatic carbocycles. The molecule has 0 aromatic carbocycles. The number of aromatic nitrogens is 2. The van der Waals surface area contributed by atoms with Crippen molar-refractivity contribution < 1.29 is 9.59 Å². The largest absolute Gasteiger partial charge is 0.343 e. The van der Waals surface area contributed by atoms with Crippen LogP contribution in [-0.2, 0) is 5.54 Å². The van der Waals surface area contributed by atoms with E-state index in [1.165, 1.54) is 0 Å². The lowest BCUT2D eigenvalue weighted by molar-refractivity contribution is 0.0865. The number of carbonyl (C=O) groups excluding carboxylic acids is 2. The number of imidazole rings is 1. The Kier molecular flexibility index (Phi) is 1.92. The lowest BCUT2D eigenvalue weighted by Gasteiger charge is -2.24. The summed E-state index contributed by atoms with van der Waals surface area (Å²) in [6.07, 6.45) is 1.55. The van der Waals surface area contributed by atoms with Crippen LogP contribution >= 0.6 is 0 Å². The van der Waals surface area contributed by atoms with Gasteiger partial charge in [-0.3, -0.25) is 9.59 Å². The fourth-order valence-corrected chi connectivity index (χ4v) is 1.62. The Labute approximate surface area is 87.5 Å². The monoisotopic (exact) mass is 207 g/mol. The molecule has 5 heteroatoms. The summed E-state index contributed by atoms with van der Waals surface area (Å²) in [4.78, 5) is 27.1. The molecule has 0 unspecified atom stereocenters. The highest BCUT2D eigenvalue weighted by molar-refractivity contribution is 6.11. The van der Waals surface area contributed by atoms with Crippen LogP contribution in [0.5, 0.6) is 0 Å². The van der Waals surface area contributed by atoms with Gasteiger partial charge in [-0.1, -0.05) is 0 Å². The summed E-state index contributed by atoms with van der Waals surface area (Å²) in [6, 6.07) is 0. The average Bonchev–Trinajstić information content (AvgIpc) is 2.55. The van der Waals surface area contributed by atoms with Gasteiger partial charge in [0.2, 0.25) is 5.78 Å². The third kappa shape index (κ3) is 1.44. The highest BCUT2D eigenvalue weighted by atomic mass is 16.2. The van der Waals surface area contributed by atoms with Crippen LogP contribution in [-0.4, -0.2) is 27.8 Å². The third-order valence-corrected chi connectivity index (χ3v) is 2.38. The first-order valence-corrected chi connectivity index (χ1v) is 4.80. The van der Waals surface area contributed by atoms with Gasteiger partial charge in [-0.2, -0.15) is 0 Å². The third-order valence-electron chi connectivity index (χ3n) is 2.38. The second-order valence-corrected chi connectivity index (χ2v) is 4.59. The van der Waals surface area contributed by atoms with E-state index in [2.05, 4.69) is 10.3 Å². The molecule has 1 aromatic heterocycles. The van der Waals surface area contributed by atoms with Crippen LogP contribution in [0.3, 0.4) is 0 Å². The molecule has 0 bridgehead atoms. The van der Waals surface area contributed by atoms with Crippen molar-refractivity contribution in [1.82, 2.24) is 14.9 Å². The second-order valence-electron chi connectivity index (χ2n) is 4.59. The van der Waals surface area contributed by atoms with Crippen LogP contribution in [0.1, 0.15) is 41.7 Å². The quantitative estimate of drug-likeness (QED) is 0.676. The minimum absolute atomic E-state index is 0.0631. The standard InChI is InChI=1S/C10H13N3O2/c1-10(2,3)13-5-12-7-8(13)6(14)4-11-9(7)15/h5H,4H2,1-3H3,(H,11,15). The zero-order chi connectivity index (χ0) is 11.2. The summed E-state index contributed by atoms with van der Waals surface area (Å²) in [5.74, 6) is -0.357. The number of amides is 1. The van der Waals surface area contributed by atoms with E-state index in [1.807, 2.05) is 20.8 Å². The van der Waals surface area contributed by atoms with Crippen molar-refractivity contribution >= 4 is 11.7 Å². The lowest BCUT2D eigenvalue weighted by atomic mass is 10.1. The Morgan fingerprint density at radius 2 is 2.07 bits per heavy atom. The minimum atomic E-state index is -0.271. The molecule has 0 radical (unpaired) electrons. The number of carbonyl (C=O) groups is 2. The predicted molar refractivity (Wildman–Crippen MR) is 53.9 cm³/mol. The van der Waals surface area contributed by atoms with Crippen LogP contribution in [0, 0.1) is 0 Å². The number of hydrogen-bond acceptors (Lipinski definition) is 3. The number of Topliss-reactive ketones (excluding diaryl/α,β-unsaturated/α-hetero) is 1. The van der Waals surface area contributed by atoms with Gasteiger partial charge in [-0.05, 0) is 20.8 Å². The van der Waals surface area contributed by atoms with Gasteiger partial charge >= 0.3 is 0 Å². The van der Waals surface area contributed by atoms with Crippen molar-refractivity contribution in [3.63, 3.8) is 0 Å². The van der Waals surface area contributed by atoms with Gasteiger partial charge in [-0.15, -0.1) is 0 Å². The van der Waals surface area contributed by atoms with E-state index in [0.717, 1.165) is 0 Å². The summed E-state index contributed by atoms with van der Waals surface area (Å²) in [5, 5.41) is 2.49. The highest BCUT2D eigenvalue weighted by Crippen LogP contribution is 2.21. The van der Waals surface area contributed by atoms with Crippen LogP contribution in [0.25, 0.3) is 0 Å². The van der Waals surface area contributed by atoms with Crippen LogP contribution in [0.4, 0.5) is 0 Å². The Bertz CT molecular complexity index is 440. The average molecular weight is 207 g/mol. The molecule has 0 fully saturated rings. The van der Waals surface area contributed by atoms with Gasteiger partial charge < -0.3 is 9.88 Å². The second kappa shape index (κ2) is 2.92. The summed E-state index contributed by atoms with van der Waals surface area (Å²) < 4.78 is 1.75. The molecule has 1 aliphatic rings. The summed E-state index contributed by atoms with van der Waals surface area (Å²) >= 11 is 0. The van der Waals surface area contributed by atoms with E-state index in [-0.39, 0.29) is 29.5 Å². The number of nitrogens with zero attached hydrogens (tertiary/aromatic N) is 2. The molecular formula is C10H13N3O2. The zero-order valence-electron chi connectivity index (χ0n) is 9.00. The van der Waals surface area contributed by atoms with Gasteiger partial charge in [0.15, 0.2) is 5.69 Å². The Morgan fingerprint density at radius 3 is 2.67 bits per heavy atom. The molecule has 1 aliphatic heterocycles. The molecule has 1 N–H and O–H groups in total. The molecule has 1 aromatic rings. The van der Waals surface area contributed by atoms with Crippen LogP contribution in [0.15, 0.2) is 6.33 Å². The molecule has 0 saturated heterocycles. The maximum absolute atomic E-state index is 11.7. The van der Waals surface area contributed by atoms with Crippen LogP contribution < -0.4 is 5.32 Å². The van der Waals surface area contributed by atoms with Gasteiger partial charge in [-0.25, -0.2) is 4.98 Å². The van der Waals surface area contributed by atoms with E-state index in [0.29, 0.717) is 5.69 Å². The number of ketones is 1. The molecule has 0 saturated carbocycles. The molecule has 5 nitrogen and oxygen atoms in total. The number of rotatable bonds is 0. The minimum Gasteiger partial charge on any atom is -0.343 e. The van der Waals surface area contributed by atoms with E-state index in [1.54, 1.807) is 10.9 Å². The van der Waals surface area contributed by atoms with Gasteiger partial charge in [0.25, 0.3) is 5.91 Å². The molecule has 2 rings (SSSR count). The maximum atomic E-state index is 11.7. The molecule has 2 heterocycles. The molecule has 15 heavy (non-hydrogen) atoms. The molecule has 1 amide bonds. The summed E-state index contributed by atoms with van der Waals surface area (Å²) in [7, 11) is 0. The van der Waals surface area contributed by atoms with Gasteiger partial charge in [0.1, 0.15) is 5.69 Å². The topological polar surface area (TPSA) is 64.0 Å². The fraction of sp³-hybridized carbons (Fsp3) is 0.500.